The number of esters is 3. The molecule has 1 aliphatic rings. The number of alkyl halides is 1. The average Bonchev–Trinajstić information content (AvgIpc) is 2.70. The van der Waals surface area contributed by atoms with Crippen molar-refractivity contribution in [2.75, 3.05) is 20.3 Å². The number of hydrogen-bond donors (Lipinski definition) is 2. The molecule has 0 saturated carbocycles. The smallest absolute Gasteiger partial charge is 0.359 e. The van der Waals surface area contributed by atoms with Gasteiger partial charge in [0.05, 0.1) is 17.1 Å². The van der Waals surface area contributed by atoms with Crippen LogP contribution in [0, 0.1) is 0 Å². The van der Waals surface area contributed by atoms with Gasteiger partial charge in [0.1, 0.15) is 0 Å². The van der Waals surface area contributed by atoms with Gasteiger partial charge in [0.25, 0.3) is 6.10 Å². The normalized spacial score (nSPS) is 20.7. The van der Waals surface area contributed by atoms with E-state index in [0.29, 0.717) is 12.9 Å². The van der Waals surface area contributed by atoms with Gasteiger partial charge >= 0.3 is 17.9 Å². The highest BCUT2D eigenvalue weighted by molar-refractivity contribution is 14.1. The predicted octanol–water partition coefficient (Wildman–Crippen LogP) is 1.86. The van der Waals surface area contributed by atoms with Gasteiger partial charge in [-0.15, -0.1) is 0 Å². The molecule has 0 fully saturated rings. The third-order valence-electron chi connectivity index (χ3n) is 4.26. The van der Waals surface area contributed by atoms with Crippen molar-refractivity contribution in [3.8, 4) is 0 Å². The number of halogens is 3. The quantitative estimate of drug-likeness (QED) is 0.118. The van der Waals surface area contributed by atoms with E-state index in [4.69, 9.17) is 14.2 Å². The van der Waals surface area contributed by atoms with E-state index in [2.05, 4.69) is 10.6 Å². The van der Waals surface area contributed by atoms with Crippen molar-refractivity contribution in [2.45, 2.75) is 43.3 Å². The van der Waals surface area contributed by atoms with Gasteiger partial charge in [0, 0.05) is 25.4 Å². The number of carbonyl (C=O) groups is 5. The minimum absolute atomic E-state index is 0.0437. The minimum atomic E-state index is -1.95. The summed E-state index contributed by atoms with van der Waals surface area (Å²) in [5, 5.41) is 5.55. The summed E-state index contributed by atoms with van der Waals surface area (Å²) in [5.74, 6) is -3.91. The van der Waals surface area contributed by atoms with Gasteiger partial charge < -0.3 is 19.5 Å². The van der Waals surface area contributed by atoms with E-state index < -0.39 is 39.4 Å². The van der Waals surface area contributed by atoms with Crippen LogP contribution in [0.15, 0.2) is 18.4 Å². The van der Waals surface area contributed by atoms with Crippen LogP contribution in [0.5, 0.6) is 0 Å². The summed E-state index contributed by atoms with van der Waals surface area (Å²) < 4.78 is 15.0. The Balaban J connectivity index is 3.63. The van der Waals surface area contributed by atoms with Crippen molar-refractivity contribution >= 4 is 97.4 Å². The van der Waals surface area contributed by atoms with Crippen LogP contribution in [-0.4, -0.2) is 65.4 Å². The number of ketones is 1. The molecular formula is C19H23I3N2O8. The molecule has 1 aliphatic carbocycles. The molecule has 2 unspecified atom stereocenters. The van der Waals surface area contributed by atoms with Crippen LogP contribution in [0.25, 0.3) is 0 Å². The molecule has 0 heterocycles. The standard InChI is InChI=1S/C19H23I3N2O8/c1-6-30-16(27)13(17(28)31-7-2)32-18(29)19(23-5)14(21)10(8(3)25)11(20)12(15(19)22)24-9(4)26/h13,15,23H,6-7H2,1-5H3,(H,24,26). The first-order valence-electron chi connectivity index (χ1n) is 9.36. The molecule has 0 aromatic rings. The monoisotopic (exact) mass is 788 g/mol. The lowest BCUT2D eigenvalue weighted by Crippen LogP contribution is -2.62. The number of carbonyl (C=O) groups excluding carboxylic acids is 5. The van der Waals surface area contributed by atoms with E-state index in [1.807, 2.05) is 67.8 Å². The minimum Gasteiger partial charge on any atom is -0.463 e. The summed E-state index contributed by atoms with van der Waals surface area (Å²) in [5.41, 5.74) is -1.16. The maximum atomic E-state index is 13.5. The Labute approximate surface area is 226 Å². The number of hydrogen-bond acceptors (Lipinski definition) is 9. The lowest BCUT2D eigenvalue weighted by Gasteiger charge is -2.41. The van der Waals surface area contributed by atoms with Crippen molar-refractivity contribution in [1.29, 1.82) is 0 Å². The lowest BCUT2D eigenvalue weighted by molar-refractivity contribution is -0.182. The third-order valence-corrected chi connectivity index (χ3v) is 8.33. The van der Waals surface area contributed by atoms with Crippen LogP contribution in [0.4, 0.5) is 0 Å². The molecule has 0 saturated heterocycles. The zero-order valence-electron chi connectivity index (χ0n) is 18.0. The average molecular weight is 788 g/mol. The largest absolute Gasteiger partial charge is 0.463 e. The SMILES string of the molecule is CCOC(=O)C(OC(=O)C1(NC)C(I)=C(C(C)=O)C(I)=C(NC(C)=O)C1I)C(=O)OCC. The molecule has 0 aliphatic heterocycles. The van der Waals surface area contributed by atoms with Gasteiger partial charge in [-0.05, 0) is 73.0 Å². The van der Waals surface area contributed by atoms with Crippen LogP contribution in [-0.2, 0) is 38.2 Å². The molecule has 1 rings (SSSR count). The maximum absolute atomic E-state index is 13.5. The topological polar surface area (TPSA) is 137 Å². The number of ether oxygens (including phenoxy) is 3. The summed E-state index contributed by atoms with van der Waals surface area (Å²) in [6, 6.07) is 0. The fraction of sp³-hybridized carbons (Fsp3) is 0.526. The van der Waals surface area contributed by atoms with Crippen LogP contribution < -0.4 is 10.6 Å². The number of allylic oxidation sites excluding steroid dienone is 2. The predicted molar refractivity (Wildman–Crippen MR) is 139 cm³/mol. The molecule has 1 amide bonds. The van der Waals surface area contributed by atoms with Crippen molar-refractivity contribution in [1.82, 2.24) is 10.6 Å². The Morgan fingerprint density at radius 3 is 1.91 bits per heavy atom. The Morgan fingerprint density at radius 1 is 1.03 bits per heavy atom. The Morgan fingerprint density at radius 2 is 1.53 bits per heavy atom. The van der Waals surface area contributed by atoms with Crippen molar-refractivity contribution in [2.24, 2.45) is 0 Å². The highest BCUT2D eigenvalue weighted by Crippen LogP contribution is 2.47. The van der Waals surface area contributed by atoms with E-state index in [-0.39, 0.29) is 24.6 Å². The van der Waals surface area contributed by atoms with Crippen molar-refractivity contribution < 1.29 is 38.2 Å². The van der Waals surface area contributed by atoms with Gasteiger partial charge in [0.15, 0.2) is 11.3 Å². The van der Waals surface area contributed by atoms with Crippen LogP contribution in [0.2, 0.25) is 0 Å². The molecule has 2 N–H and O–H groups in total. The number of Topliss-reactive ketones (excluding diaryl/α,β-unsaturated/α-hetero) is 1. The number of amides is 1. The summed E-state index contributed by atoms with van der Waals surface area (Å²) >= 11 is 5.73. The zero-order valence-corrected chi connectivity index (χ0v) is 24.4. The second-order valence-corrected chi connectivity index (χ2v) is 9.77. The van der Waals surface area contributed by atoms with E-state index in [1.165, 1.54) is 34.7 Å². The second-order valence-electron chi connectivity index (χ2n) is 6.36. The summed E-state index contributed by atoms with van der Waals surface area (Å²) in [6.07, 6.45) is -1.95. The van der Waals surface area contributed by atoms with Gasteiger partial charge in [-0.25, -0.2) is 14.4 Å². The number of likely N-dealkylation sites (N-methyl/N-ethyl adjacent to an activating group) is 1. The molecule has 2 atom stereocenters. The highest BCUT2D eigenvalue weighted by atomic mass is 127. The summed E-state index contributed by atoms with van der Waals surface area (Å²) in [4.78, 5) is 62.4. The Hall–Kier alpha value is -0.820. The van der Waals surface area contributed by atoms with Crippen molar-refractivity contribution in [3.63, 3.8) is 0 Å². The van der Waals surface area contributed by atoms with Crippen LogP contribution in [0.3, 0.4) is 0 Å². The molecule has 13 heteroatoms. The lowest BCUT2D eigenvalue weighted by atomic mass is 9.84. The van der Waals surface area contributed by atoms with Gasteiger partial charge in [-0.2, -0.15) is 0 Å². The van der Waals surface area contributed by atoms with Gasteiger partial charge in [0.2, 0.25) is 5.91 Å². The molecule has 178 valence electrons. The summed E-state index contributed by atoms with van der Waals surface area (Å²) in [6.45, 7) is 5.62. The molecule has 0 spiro atoms. The fourth-order valence-electron chi connectivity index (χ4n) is 2.84. The van der Waals surface area contributed by atoms with E-state index >= 15 is 0 Å². The zero-order chi connectivity index (χ0) is 24.8. The van der Waals surface area contributed by atoms with Crippen LogP contribution >= 0.6 is 67.8 Å². The van der Waals surface area contributed by atoms with E-state index in [9.17, 15) is 24.0 Å². The molecule has 0 aromatic carbocycles. The first-order valence-corrected chi connectivity index (χ1v) is 12.8. The van der Waals surface area contributed by atoms with Gasteiger partial charge in [-0.1, -0.05) is 22.6 Å². The summed E-state index contributed by atoms with van der Waals surface area (Å²) in [7, 11) is 1.47. The Kier molecular flexibility index (Phi) is 11.5. The molecule has 10 nitrogen and oxygen atoms in total. The Bertz CT molecular complexity index is 868. The number of nitrogens with one attached hydrogen (secondary N) is 2. The number of rotatable bonds is 9. The second kappa shape index (κ2) is 12.6. The highest BCUT2D eigenvalue weighted by Gasteiger charge is 2.55. The van der Waals surface area contributed by atoms with Crippen LogP contribution in [0.1, 0.15) is 27.7 Å². The first-order chi connectivity index (χ1) is 14.9. The van der Waals surface area contributed by atoms with E-state index in [1.54, 1.807) is 0 Å². The van der Waals surface area contributed by atoms with E-state index in [0.717, 1.165) is 0 Å². The maximum Gasteiger partial charge on any atom is 0.359 e. The van der Waals surface area contributed by atoms with Crippen molar-refractivity contribution in [3.05, 3.63) is 18.4 Å². The molecule has 0 aromatic heterocycles. The molecular weight excluding hydrogens is 765 g/mol. The molecule has 0 radical (unpaired) electrons. The fourth-order valence-corrected chi connectivity index (χ4v) is 8.44. The molecule has 0 bridgehead atoms. The first kappa shape index (κ1) is 29.2. The van der Waals surface area contributed by atoms with Gasteiger partial charge in [-0.3, -0.25) is 14.9 Å². The molecule has 32 heavy (non-hydrogen) atoms. The third kappa shape index (κ3) is 5.99.